The molecule has 1 N–H and O–H groups in total. The SMILES string of the molecule is Cn1ccnc1C(NC(=O)CN1C(=O)c2ccccc2C1=O)c1ccc(F)cc1. The van der Waals surface area contributed by atoms with E-state index in [4.69, 9.17) is 0 Å². The van der Waals surface area contributed by atoms with E-state index in [1.807, 2.05) is 0 Å². The van der Waals surface area contributed by atoms with Crippen LogP contribution in [0.5, 0.6) is 0 Å². The van der Waals surface area contributed by atoms with E-state index in [0.717, 1.165) is 4.90 Å². The smallest absolute Gasteiger partial charge is 0.262 e. The fourth-order valence-corrected chi connectivity index (χ4v) is 3.34. The number of carbonyl (C=O) groups is 3. The van der Waals surface area contributed by atoms with Gasteiger partial charge in [-0.05, 0) is 29.8 Å². The molecule has 0 spiro atoms. The minimum absolute atomic E-state index is 0.282. The average molecular weight is 392 g/mol. The standard InChI is InChI=1S/C21H17FN4O3/c1-25-11-10-23-19(25)18(13-6-8-14(22)9-7-13)24-17(27)12-26-20(28)15-4-2-3-5-16(15)21(26)29/h2-11,18H,12H2,1H3,(H,24,27). The number of nitrogens with zero attached hydrogens (tertiary/aromatic N) is 3. The van der Waals surface area contributed by atoms with Crippen molar-refractivity contribution >= 4 is 17.7 Å². The Bertz CT molecular complexity index is 1070. The van der Waals surface area contributed by atoms with Crippen LogP contribution >= 0.6 is 0 Å². The second-order valence-corrected chi connectivity index (χ2v) is 6.69. The fraction of sp³-hybridized carbons (Fsp3) is 0.143. The van der Waals surface area contributed by atoms with Crippen LogP contribution in [0.25, 0.3) is 0 Å². The summed E-state index contributed by atoms with van der Waals surface area (Å²) >= 11 is 0. The number of aryl methyl sites for hydroxylation is 1. The van der Waals surface area contributed by atoms with Crippen molar-refractivity contribution in [3.05, 3.63) is 89.3 Å². The molecule has 4 rings (SSSR count). The van der Waals surface area contributed by atoms with Crippen LogP contribution in [-0.2, 0) is 11.8 Å². The average Bonchev–Trinajstić information content (AvgIpc) is 3.24. The lowest BCUT2D eigenvalue weighted by atomic mass is 10.1. The van der Waals surface area contributed by atoms with Gasteiger partial charge in [-0.1, -0.05) is 24.3 Å². The first-order valence-corrected chi connectivity index (χ1v) is 8.93. The van der Waals surface area contributed by atoms with Gasteiger partial charge in [0.15, 0.2) is 0 Å². The molecule has 0 saturated carbocycles. The molecule has 3 aromatic rings. The Morgan fingerprint density at radius 1 is 1.07 bits per heavy atom. The molecule has 1 atom stereocenters. The van der Waals surface area contributed by atoms with Crippen molar-refractivity contribution in [3.8, 4) is 0 Å². The van der Waals surface area contributed by atoms with Gasteiger partial charge in [0.1, 0.15) is 24.2 Å². The maximum atomic E-state index is 13.3. The summed E-state index contributed by atoms with van der Waals surface area (Å²) < 4.78 is 15.1. The lowest BCUT2D eigenvalue weighted by Gasteiger charge is -2.21. The predicted molar refractivity (Wildman–Crippen MR) is 101 cm³/mol. The van der Waals surface area contributed by atoms with E-state index < -0.39 is 36.1 Å². The largest absolute Gasteiger partial charge is 0.341 e. The van der Waals surface area contributed by atoms with E-state index in [-0.39, 0.29) is 11.1 Å². The molecule has 1 aliphatic heterocycles. The second kappa shape index (κ2) is 7.31. The van der Waals surface area contributed by atoms with Gasteiger partial charge in [0, 0.05) is 19.4 Å². The van der Waals surface area contributed by atoms with Crippen LogP contribution in [0, 0.1) is 5.82 Å². The van der Waals surface area contributed by atoms with Crippen LogP contribution in [0.4, 0.5) is 4.39 Å². The maximum absolute atomic E-state index is 13.3. The molecule has 8 heteroatoms. The van der Waals surface area contributed by atoms with Gasteiger partial charge in [0.05, 0.1) is 11.1 Å². The third-order valence-electron chi connectivity index (χ3n) is 4.81. The van der Waals surface area contributed by atoms with Crippen molar-refractivity contribution < 1.29 is 18.8 Å². The number of hydrogen-bond donors (Lipinski definition) is 1. The quantitative estimate of drug-likeness (QED) is 0.674. The molecule has 0 saturated heterocycles. The molecule has 0 aliphatic carbocycles. The number of fused-ring (bicyclic) bond motifs is 1. The van der Waals surface area contributed by atoms with Gasteiger partial charge < -0.3 is 9.88 Å². The maximum Gasteiger partial charge on any atom is 0.262 e. The summed E-state index contributed by atoms with van der Waals surface area (Å²) in [5.74, 6) is -1.40. The van der Waals surface area contributed by atoms with Crippen LogP contribution in [0.15, 0.2) is 60.9 Å². The minimum atomic E-state index is -0.668. The highest BCUT2D eigenvalue weighted by atomic mass is 19.1. The molecule has 0 radical (unpaired) electrons. The highest BCUT2D eigenvalue weighted by molar-refractivity contribution is 6.22. The monoisotopic (exact) mass is 392 g/mol. The Kier molecular flexibility index (Phi) is 4.67. The number of rotatable bonds is 5. The van der Waals surface area contributed by atoms with Crippen molar-refractivity contribution in [1.82, 2.24) is 19.8 Å². The van der Waals surface area contributed by atoms with Gasteiger partial charge in [0.2, 0.25) is 5.91 Å². The van der Waals surface area contributed by atoms with Gasteiger partial charge in [0.25, 0.3) is 11.8 Å². The third-order valence-corrected chi connectivity index (χ3v) is 4.81. The molecule has 3 amide bonds. The van der Waals surface area contributed by atoms with Crippen molar-refractivity contribution in [2.24, 2.45) is 7.05 Å². The second-order valence-electron chi connectivity index (χ2n) is 6.69. The normalized spacial score (nSPS) is 14.1. The van der Waals surface area contributed by atoms with Gasteiger partial charge >= 0.3 is 0 Å². The summed E-state index contributed by atoms with van der Waals surface area (Å²) in [7, 11) is 1.77. The number of imidazole rings is 1. The predicted octanol–water partition coefficient (Wildman–Crippen LogP) is 2.06. The molecule has 1 aliphatic rings. The molecule has 2 aromatic carbocycles. The number of nitrogens with one attached hydrogen (secondary N) is 1. The lowest BCUT2D eigenvalue weighted by molar-refractivity contribution is -0.122. The lowest BCUT2D eigenvalue weighted by Crippen LogP contribution is -2.42. The van der Waals surface area contributed by atoms with Crippen LogP contribution in [0.2, 0.25) is 0 Å². The Hall–Kier alpha value is -3.81. The van der Waals surface area contributed by atoms with Crippen molar-refractivity contribution in [2.45, 2.75) is 6.04 Å². The summed E-state index contributed by atoms with van der Waals surface area (Å²) in [5, 5.41) is 2.80. The third kappa shape index (κ3) is 3.40. The van der Waals surface area contributed by atoms with E-state index >= 15 is 0 Å². The number of amides is 3. The molecule has 0 bridgehead atoms. The summed E-state index contributed by atoms with van der Waals surface area (Å²) in [5.41, 5.74) is 1.19. The van der Waals surface area contributed by atoms with E-state index in [9.17, 15) is 18.8 Å². The number of hydrogen-bond acceptors (Lipinski definition) is 4. The van der Waals surface area contributed by atoms with E-state index in [1.54, 1.807) is 60.4 Å². The summed E-state index contributed by atoms with van der Waals surface area (Å²) in [4.78, 5) is 42.9. The zero-order valence-electron chi connectivity index (χ0n) is 15.5. The van der Waals surface area contributed by atoms with Crippen molar-refractivity contribution in [3.63, 3.8) is 0 Å². The molecular weight excluding hydrogens is 375 g/mol. The number of imide groups is 1. The van der Waals surface area contributed by atoms with Crippen LogP contribution in [-0.4, -0.2) is 38.7 Å². The van der Waals surface area contributed by atoms with E-state index in [1.165, 1.54) is 12.1 Å². The topological polar surface area (TPSA) is 84.3 Å². The first-order valence-electron chi connectivity index (χ1n) is 8.93. The summed E-state index contributed by atoms with van der Waals surface area (Å²) in [6, 6.07) is 11.5. The summed E-state index contributed by atoms with van der Waals surface area (Å²) in [6.45, 7) is -0.422. The molecular formula is C21H17FN4O3. The Balaban J connectivity index is 1.56. The molecule has 146 valence electrons. The van der Waals surface area contributed by atoms with Gasteiger partial charge in [-0.15, -0.1) is 0 Å². The highest BCUT2D eigenvalue weighted by Gasteiger charge is 2.36. The molecule has 2 heterocycles. The van der Waals surface area contributed by atoms with Crippen LogP contribution < -0.4 is 5.32 Å². The van der Waals surface area contributed by atoms with Crippen molar-refractivity contribution in [2.75, 3.05) is 6.54 Å². The molecule has 1 aromatic heterocycles. The fourth-order valence-electron chi connectivity index (χ4n) is 3.34. The molecule has 0 fully saturated rings. The zero-order valence-corrected chi connectivity index (χ0v) is 15.5. The number of benzene rings is 2. The highest BCUT2D eigenvalue weighted by Crippen LogP contribution is 2.23. The first kappa shape index (κ1) is 18.5. The van der Waals surface area contributed by atoms with E-state index in [2.05, 4.69) is 10.3 Å². The van der Waals surface area contributed by atoms with Crippen molar-refractivity contribution in [1.29, 1.82) is 0 Å². The van der Waals surface area contributed by atoms with Crippen LogP contribution in [0.3, 0.4) is 0 Å². The van der Waals surface area contributed by atoms with Gasteiger partial charge in [-0.2, -0.15) is 0 Å². The Morgan fingerprint density at radius 2 is 1.69 bits per heavy atom. The Morgan fingerprint density at radius 3 is 2.24 bits per heavy atom. The number of carbonyl (C=O) groups excluding carboxylic acids is 3. The minimum Gasteiger partial charge on any atom is -0.341 e. The molecule has 1 unspecified atom stereocenters. The molecule has 29 heavy (non-hydrogen) atoms. The summed E-state index contributed by atoms with van der Waals surface area (Å²) in [6.07, 6.45) is 3.31. The Labute approximate surface area is 165 Å². The van der Waals surface area contributed by atoms with Gasteiger partial charge in [-0.25, -0.2) is 9.37 Å². The zero-order chi connectivity index (χ0) is 20.5. The van der Waals surface area contributed by atoms with E-state index in [0.29, 0.717) is 11.4 Å². The van der Waals surface area contributed by atoms with Gasteiger partial charge in [-0.3, -0.25) is 19.3 Å². The number of halogens is 1. The number of aromatic nitrogens is 2. The molecule has 7 nitrogen and oxygen atoms in total. The first-order chi connectivity index (χ1) is 14.0. The van der Waals surface area contributed by atoms with Crippen LogP contribution in [0.1, 0.15) is 38.1 Å².